The minimum absolute atomic E-state index is 0.00208. The van der Waals surface area contributed by atoms with Gasteiger partial charge in [-0.05, 0) is 13.8 Å². The van der Waals surface area contributed by atoms with Crippen molar-refractivity contribution in [3.05, 3.63) is 0 Å². The van der Waals surface area contributed by atoms with Crippen molar-refractivity contribution in [2.75, 3.05) is 6.54 Å². The lowest BCUT2D eigenvalue weighted by atomic mass is 10.1. The molecule has 4 nitrogen and oxygen atoms in total. The largest absolute Gasteiger partial charge is 0.344 e. The zero-order valence-electron chi connectivity index (χ0n) is 6.68. The van der Waals surface area contributed by atoms with Crippen LogP contribution in [0.1, 0.15) is 13.8 Å². The van der Waals surface area contributed by atoms with Gasteiger partial charge in [-0.2, -0.15) is 0 Å². The SMILES string of the molecule is CC(=O)C1CN[C@@H](C)C(=O)N1. The van der Waals surface area contributed by atoms with E-state index in [0.29, 0.717) is 6.54 Å². The van der Waals surface area contributed by atoms with Gasteiger partial charge in [0.1, 0.15) is 0 Å². The molecule has 0 spiro atoms. The molecule has 62 valence electrons. The first-order chi connectivity index (χ1) is 5.11. The van der Waals surface area contributed by atoms with Gasteiger partial charge < -0.3 is 10.6 Å². The van der Waals surface area contributed by atoms with Crippen LogP contribution < -0.4 is 10.6 Å². The molecule has 0 bridgehead atoms. The number of hydrogen-bond acceptors (Lipinski definition) is 3. The third-order valence-electron chi connectivity index (χ3n) is 1.83. The van der Waals surface area contributed by atoms with E-state index >= 15 is 0 Å². The molecule has 0 aliphatic carbocycles. The van der Waals surface area contributed by atoms with Crippen molar-refractivity contribution in [1.82, 2.24) is 10.6 Å². The second kappa shape index (κ2) is 3.00. The maximum absolute atomic E-state index is 11.0. The fourth-order valence-corrected chi connectivity index (χ4v) is 0.980. The van der Waals surface area contributed by atoms with Crippen LogP contribution in [0.2, 0.25) is 0 Å². The quantitative estimate of drug-likeness (QED) is 0.514. The topological polar surface area (TPSA) is 58.2 Å². The van der Waals surface area contributed by atoms with E-state index < -0.39 is 0 Å². The molecule has 1 rings (SSSR count). The van der Waals surface area contributed by atoms with Crippen LogP contribution in [-0.2, 0) is 9.59 Å². The molecule has 0 aromatic heterocycles. The highest BCUT2D eigenvalue weighted by Gasteiger charge is 2.25. The summed E-state index contributed by atoms with van der Waals surface area (Å²) in [6.07, 6.45) is 0. The lowest BCUT2D eigenvalue weighted by molar-refractivity contribution is -0.130. The van der Waals surface area contributed by atoms with Crippen LogP contribution in [0.5, 0.6) is 0 Å². The first-order valence-corrected chi connectivity index (χ1v) is 3.65. The first-order valence-electron chi connectivity index (χ1n) is 3.65. The summed E-state index contributed by atoms with van der Waals surface area (Å²) in [6.45, 7) is 3.79. The average molecular weight is 156 g/mol. The second-order valence-corrected chi connectivity index (χ2v) is 2.80. The Labute approximate surface area is 65.3 Å². The number of piperazine rings is 1. The van der Waals surface area contributed by atoms with Crippen molar-refractivity contribution in [3.8, 4) is 0 Å². The molecule has 1 aliphatic rings. The van der Waals surface area contributed by atoms with E-state index in [1.165, 1.54) is 6.92 Å². The van der Waals surface area contributed by atoms with Crippen LogP contribution in [0.25, 0.3) is 0 Å². The summed E-state index contributed by atoms with van der Waals surface area (Å²) in [6, 6.07) is -0.510. The van der Waals surface area contributed by atoms with E-state index in [-0.39, 0.29) is 23.8 Å². The molecule has 0 aromatic carbocycles. The van der Waals surface area contributed by atoms with E-state index in [1.807, 2.05) is 0 Å². The van der Waals surface area contributed by atoms with Crippen LogP contribution in [0, 0.1) is 0 Å². The Morgan fingerprint density at radius 1 is 1.64 bits per heavy atom. The Bertz CT molecular complexity index is 191. The minimum Gasteiger partial charge on any atom is -0.344 e. The third-order valence-corrected chi connectivity index (χ3v) is 1.83. The molecule has 1 aliphatic heterocycles. The van der Waals surface area contributed by atoms with Crippen molar-refractivity contribution in [1.29, 1.82) is 0 Å². The first kappa shape index (κ1) is 8.20. The molecule has 11 heavy (non-hydrogen) atoms. The summed E-state index contributed by atoms with van der Waals surface area (Å²) in [5, 5.41) is 5.54. The highest BCUT2D eigenvalue weighted by atomic mass is 16.2. The Kier molecular flexibility index (Phi) is 2.24. The number of hydrogen-bond donors (Lipinski definition) is 2. The number of rotatable bonds is 1. The van der Waals surface area contributed by atoms with Gasteiger partial charge in [0.25, 0.3) is 0 Å². The summed E-state index contributed by atoms with van der Waals surface area (Å²) < 4.78 is 0. The molecule has 4 heteroatoms. The number of ketones is 1. The molecule has 0 saturated carbocycles. The fraction of sp³-hybridized carbons (Fsp3) is 0.714. The highest BCUT2D eigenvalue weighted by molar-refractivity contribution is 5.90. The summed E-state index contributed by atoms with van der Waals surface area (Å²) in [5.74, 6) is -0.103. The molecule has 0 aromatic rings. The van der Waals surface area contributed by atoms with E-state index in [0.717, 1.165) is 0 Å². The monoisotopic (exact) mass is 156 g/mol. The summed E-state index contributed by atoms with van der Waals surface area (Å²) >= 11 is 0. The predicted molar refractivity (Wildman–Crippen MR) is 40.1 cm³/mol. The third kappa shape index (κ3) is 1.77. The maximum Gasteiger partial charge on any atom is 0.237 e. The number of amides is 1. The predicted octanol–water partition coefficient (Wildman–Crippen LogP) is -0.948. The smallest absolute Gasteiger partial charge is 0.237 e. The van der Waals surface area contributed by atoms with E-state index in [2.05, 4.69) is 10.6 Å². The number of carbonyl (C=O) groups excluding carboxylic acids is 2. The summed E-state index contributed by atoms with van der Waals surface area (Å²) in [5.41, 5.74) is 0. The van der Waals surface area contributed by atoms with Gasteiger partial charge >= 0.3 is 0 Å². The molecule has 1 heterocycles. The van der Waals surface area contributed by atoms with Gasteiger partial charge in [-0.3, -0.25) is 9.59 Å². The number of carbonyl (C=O) groups is 2. The molecule has 1 unspecified atom stereocenters. The van der Waals surface area contributed by atoms with Gasteiger partial charge in [-0.25, -0.2) is 0 Å². The molecular formula is C7H12N2O2. The molecular weight excluding hydrogens is 144 g/mol. The Hall–Kier alpha value is -0.900. The molecule has 2 N–H and O–H groups in total. The second-order valence-electron chi connectivity index (χ2n) is 2.80. The molecule has 1 amide bonds. The normalized spacial score (nSPS) is 31.3. The summed E-state index contributed by atoms with van der Waals surface area (Å²) in [7, 11) is 0. The van der Waals surface area contributed by atoms with Gasteiger partial charge in [0, 0.05) is 6.54 Å². The molecule has 0 radical (unpaired) electrons. The van der Waals surface area contributed by atoms with Crippen molar-refractivity contribution < 1.29 is 9.59 Å². The standard InChI is InChI=1S/C7H12N2O2/c1-4-7(11)9-6(3-8-4)5(2)10/h4,6,8H,3H2,1-2H3,(H,9,11)/t4-,6?/m0/s1. The van der Waals surface area contributed by atoms with Crippen LogP contribution >= 0.6 is 0 Å². The Morgan fingerprint density at radius 2 is 2.27 bits per heavy atom. The zero-order valence-corrected chi connectivity index (χ0v) is 6.68. The van der Waals surface area contributed by atoms with Gasteiger partial charge in [0.15, 0.2) is 5.78 Å². The summed E-state index contributed by atoms with van der Waals surface area (Å²) in [4.78, 5) is 21.8. The van der Waals surface area contributed by atoms with Crippen molar-refractivity contribution in [2.24, 2.45) is 0 Å². The molecule has 1 saturated heterocycles. The van der Waals surface area contributed by atoms with Crippen molar-refractivity contribution in [2.45, 2.75) is 25.9 Å². The van der Waals surface area contributed by atoms with E-state index in [4.69, 9.17) is 0 Å². The van der Waals surface area contributed by atoms with E-state index in [1.54, 1.807) is 6.92 Å². The fourth-order valence-electron chi connectivity index (χ4n) is 0.980. The van der Waals surface area contributed by atoms with Gasteiger partial charge in [-0.15, -0.1) is 0 Å². The highest BCUT2D eigenvalue weighted by Crippen LogP contribution is 1.94. The Balaban J connectivity index is 2.53. The van der Waals surface area contributed by atoms with E-state index in [9.17, 15) is 9.59 Å². The van der Waals surface area contributed by atoms with Crippen LogP contribution in [0.3, 0.4) is 0 Å². The van der Waals surface area contributed by atoms with Crippen molar-refractivity contribution in [3.63, 3.8) is 0 Å². The number of nitrogens with one attached hydrogen (secondary N) is 2. The lowest BCUT2D eigenvalue weighted by Crippen LogP contribution is -2.59. The lowest BCUT2D eigenvalue weighted by Gasteiger charge is -2.26. The van der Waals surface area contributed by atoms with Crippen LogP contribution in [0.4, 0.5) is 0 Å². The average Bonchev–Trinajstić information content (AvgIpc) is 1.94. The van der Waals surface area contributed by atoms with Gasteiger partial charge in [0.2, 0.25) is 5.91 Å². The van der Waals surface area contributed by atoms with Gasteiger partial charge in [0.05, 0.1) is 12.1 Å². The molecule has 2 atom stereocenters. The maximum atomic E-state index is 11.0. The number of Topliss-reactive ketones (excluding diaryl/α,β-unsaturated/α-hetero) is 1. The van der Waals surface area contributed by atoms with Gasteiger partial charge in [-0.1, -0.05) is 0 Å². The Morgan fingerprint density at radius 3 is 2.73 bits per heavy atom. The van der Waals surface area contributed by atoms with Crippen LogP contribution in [-0.4, -0.2) is 30.3 Å². The zero-order chi connectivity index (χ0) is 8.43. The van der Waals surface area contributed by atoms with Crippen LogP contribution in [0.15, 0.2) is 0 Å². The van der Waals surface area contributed by atoms with Crippen molar-refractivity contribution >= 4 is 11.7 Å². The minimum atomic E-state index is -0.335. The molecule has 1 fully saturated rings.